The van der Waals surface area contributed by atoms with Crippen LogP contribution in [-0.2, 0) is 26.6 Å². The molecule has 25 heavy (non-hydrogen) atoms. The summed E-state index contributed by atoms with van der Waals surface area (Å²) in [6.07, 6.45) is 5.88. The summed E-state index contributed by atoms with van der Waals surface area (Å²) in [6, 6.07) is 0. The molecule has 0 radical (unpaired) electrons. The largest absolute Gasteiger partial charge is 0.334 e. The van der Waals surface area contributed by atoms with Crippen molar-refractivity contribution in [3.05, 3.63) is 45.2 Å². The van der Waals surface area contributed by atoms with Crippen LogP contribution in [0.5, 0.6) is 0 Å². The van der Waals surface area contributed by atoms with E-state index in [0.29, 0.717) is 12.4 Å². The second-order valence-corrected chi connectivity index (χ2v) is 6.94. The monoisotopic (exact) mass is 340 g/mol. The molecule has 4 rings (SSSR count). The van der Waals surface area contributed by atoms with Gasteiger partial charge in [0.25, 0.3) is 5.56 Å². The molecule has 2 aliphatic rings. The van der Waals surface area contributed by atoms with Crippen LogP contribution in [0.3, 0.4) is 0 Å². The molecule has 0 atom stereocenters. The number of aryl methyl sites for hydroxylation is 1. The zero-order chi connectivity index (χ0) is 17.4. The second kappa shape index (κ2) is 6.55. The van der Waals surface area contributed by atoms with Crippen molar-refractivity contribution in [1.82, 2.24) is 24.4 Å². The minimum atomic E-state index is -0.0147. The van der Waals surface area contributed by atoms with E-state index in [1.165, 1.54) is 5.69 Å². The molecule has 0 unspecified atom stereocenters. The smallest absolute Gasteiger partial charge is 0.255 e. The van der Waals surface area contributed by atoms with Crippen LogP contribution in [0.15, 0.2) is 16.0 Å². The highest BCUT2D eigenvalue weighted by Gasteiger charge is 2.23. The van der Waals surface area contributed by atoms with Crippen molar-refractivity contribution >= 4 is 5.71 Å². The summed E-state index contributed by atoms with van der Waals surface area (Å²) >= 11 is 0. The van der Waals surface area contributed by atoms with Crippen LogP contribution in [0.1, 0.15) is 47.9 Å². The van der Waals surface area contributed by atoms with Crippen LogP contribution in [0.4, 0.5) is 0 Å². The molecule has 4 heterocycles. The Labute approximate surface area is 146 Å². The molecule has 0 saturated carbocycles. The normalized spacial score (nSPS) is 18.1. The number of aromatic amines is 1. The van der Waals surface area contributed by atoms with Gasteiger partial charge in [-0.15, -0.1) is 0 Å². The van der Waals surface area contributed by atoms with E-state index in [1.807, 2.05) is 20.2 Å². The third-order valence-corrected chi connectivity index (χ3v) is 5.25. The van der Waals surface area contributed by atoms with Crippen molar-refractivity contribution in [1.29, 1.82) is 0 Å². The number of aromatic nitrogens is 4. The van der Waals surface area contributed by atoms with Gasteiger partial charge in [0.15, 0.2) is 5.82 Å². The molecule has 0 fully saturated rings. The second-order valence-electron chi connectivity index (χ2n) is 6.94. The van der Waals surface area contributed by atoms with Crippen LogP contribution in [-0.4, -0.2) is 43.2 Å². The standard InChI is InChI=1S/C18H24N6O/c1-12-20-9-13(23(12)2)10-24-8-6-15-14(11-24)18(25)22-17(21-15)16-5-3-4-7-19-16/h9H,3-8,10-11H2,1-2H3,(H,21,22,25). The SMILES string of the molecule is Cc1ncc(CN2CCc3nc(C4=NCCCC4)[nH]c(=O)c3C2)n1C. The van der Waals surface area contributed by atoms with E-state index < -0.39 is 0 Å². The van der Waals surface area contributed by atoms with E-state index in [9.17, 15) is 4.79 Å². The van der Waals surface area contributed by atoms with Crippen molar-refractivity contribution in [3.63, 3.8) is 0 Å². The first-order chi connectivity index (χ1) is 12.1. The number of hydrogen-bond donors (Lipinski definition) is 1. The molecule has 0 spiro atoms. The maximum absolute atomic E-state index is 12.6. The lowest BCUT2D eigenvalue weighted by Gasteiger charge is -2.27. The molecule has 2 aromatic heterocycles. The highest BCUT2D eigenvalue weighted by atomic mass is 16.1. The Bertz CT molecular complexity index is 878. The lowest BCUT2D eigenvalue weighted by Crippen LogP contribution is -2.36. The van der Waals surface area contributed by atoms with E-state index in [4.69, 9.17) is 4.98 Å². The van der Waals surface area contributed by atoms with Gasteiger partial charge in [0.05, 0.1) is 22.7 Å². The van der Waals surface area contributed by atoms with Crippen molar-refractivity contribution in [2.75, 3.05) is 13.1 Å². The summed E-state index contributed by atoms with van der Waals surface area (Å²) in [5.41, 5.74) is 3.84. The van der Waals surface area contributed by atoms with Gasteiger partial charge in [-0.3, -0.25) is 14.7 Å². The number of nitrogens with one attached hydrogen (secondary N) is 1. The third kappa shape index (κ3) is 3.16. The first-order valence-corrected chi connectivity index (χ1v) is 8.97. The van der Waals surface area contributed by atoms with Gasteiger partial charge < -0.3 is 9.55 Å². The molecule has 2 aromatic rings. The first-order valence-electron chi connectivity index (χ1n) is 8.97. The molecule has 132 valence electrons. The molecular weight excluding hydrogens is 316 g/mol. The predicted molar refractivity (Wildman–Crippen MR) is 95.9 cm³/mol. The van der Waals surface area contributed by atoms with Crippen LogP contribution >= 0.6 is 0 Å². The Hall–Kier alpha value is -2.28. The van der Waals surface area contributed by atoms with Gasteiger partial charge in [-0.1, -0.05) is 0 Å². The fourth-order valence-corrected chi connectivity index (χ4v) is 3.57. The van der Waals surface area contributed by atoms with Crippen molar-refractivity contribution in [2.24, 2.45) is 12.0 Å². The topological polar surface area (TPSA) is 79.2 Å². The van der Waals surface area contributed by atoms with Gasteiger partial charge in [0.1, 0.15) is 5.82 Å². The van der Waals surface area contributed by atoms with Crippen molar-refractivity contribution in [3.8, 4) is 0 Å². The number of rotatable bonds is 3. The predicted octanol–water partition coefficient (Wildman–Crippen LogP) is 1.34. The van der Waals surface area contributed by atoms with Gasteiger partial charge in [-0.2, -0.15) is 0 Å². The van der Waals surface area contributed by atoms with Crippen LogP contribution < -0.4 is 5.56 Å². The summed E-state index contributed by atoms with van der Waals surface area (Å²) < 4.78 is 2.10. The Balaban J connectivity index is 1.56. The maximum atomic E-state index is 12.6. The number of imidazole rings is 1. The zero-order valence-corrected chi connectivity index (χ0v) is 14.9. The summed E-state index contributed by atoms with van der Waals surface area (Å²) in [5, 5.41) is 0. The van der Waals surface area contributed by atoms with Crippen molar-refractivity contribution in [2.45, 2.75) is 45.7 Å². The Kier molecular flexibility index (Phi) is 4.25. The molecule has 1 N–H and O–H groups in total. The minimum Gasteiger partial charge on any atom is -0.334 e. The van der Waals surface area contributed by atoms with E-state index in [-0.39, 0.29) is 5.56 Å². The number of fused-ring (bicyclic) bond motifs is 1. The summed E-state index contributed by atoms with van der Waals surface area (Å²) in [6.45, 7) is 5.17. The molecule has 7 heteroatoms. The summed E-state index contributed by atoms with van der Waals surface area (Å²) in [7, 11) is 2.03. The van der Waals surface area contributed by atoms with Crippen LogP contribution in [0.25, 0.3) is 0 Å². The average molecular weight is 340 g/mol. The minimum absolute atomic E-state index is 0.0147. The van der Waals surface area contributed by atoms with E-state index >= 15 is 0 Å². The van der Waals surface area contributed by atoms with Gasteiger partial charge >= 0.3 is 0 Å². The van der Waals surface area contributed by atoms with Crippen LogP contribution in [0, 0.1) is 6.92 Å². The van der Waals surface area contributed by atoms with Gasteiger partial charge in [-0.25, -0.2) is 9.97 Å². The lowest BCUT2D eigenvalue weighted by molar-refractivity contribution is 0.236. The van der Waals surface area contributed by atoms with Crippen LogP contribution in [0.2, 0.25) is 0 Å². The first kappa shape index (κ1) is 16.2. The summed E-state index contributed by atoms with van der Waals surface area (Å²) in [5.74, 6) is 1.68. The average Bonchev–Trinajstić information content (AvgIpc) is 2.95. The molecule has 0 aromatic carbocycles. The number of hydrogen-bond acceptors (Lipinski definition) is 5. The zero-order valence-electron chi connectivity index (χ0n) is 14.9. The molecule has 0 bridgehead atoms. The molecule has 2 aliphatic heterocycles. The Morgan fingerprint density at radius 1 is 1.28 bits per heavy atom. The van der Waals surface area contributed by atoms with Crippen molar-refractivity contribution < 1.29 is 0 Å². The summed E-state index contributed by atoms with van der Waals surface area (Å²) in [4.78, 5) is 31.5. The molecular formula is C18H24N6O. The molecule has 7 nitrogen and oxygen atoms in total. The highest BCUT2D eigenvalue weighted by molar-refractivity contribution is 5.97. The number of aliphatic imine (C=N–C) groups is 1. The molecule has 0 saturated heterocycles. The quantitative estimate of drug-likeness (QED) is 0.914. The van der Waals surface area contributed by atoms with E-state index in [0.717, 1.165) is 68.1 Å². The molecule has 0 amide bonds. The maximum Gasteiger partial charge on any atom is 0.255 e. The van der Waals surface area contributed by atoms with E-state index in [2.05, 4.69) is 24.4 Å². The van der Waals surface area contributed by atoms with Gasteiger partial charge in [0, 0.05) is 45.8 Å². The fourth-order valence-electron chi connectivity index (χ4n) is 3.57. The number of H-pyrrole nitrogens is 1. The van der Waals surface area contributed by atoms with Gasteiger partial charge in [0.2, 0.25) is 0 Å². The molecule has 0 aliphatic carbocycles. The fraction of sp³-hybridized carbons (Fsp3) is 0.556. The Morgan fingerprint density at radius 2 is 2.16 bits per heavy atom. The number of nitrogens with zero attached hydrogens (tertiary/aromatic N) is 5. The van der Waals surface area contributed by atoms with E-state index in [1.54, 1.807) is 0 Å². The highest BCUT2D eigenvalue weighted by Crippen LogP contribution is 2.18. The Morgan fingerprint density at radius 3 is 2.88 bits per heavy atom. The van der Waals surface area contributed by atoms with Gasteiger partial charge in [-0.05, 0) is 26.2 Å². The lowest BCUT2D eigenvalue weighted by atomic mass is 10.1. The third-order valence-electron chi connectivity index (χ3n) is 5.25.